The summed E-state index contributed by atoms with van der Waals surface area (Å²) < 4.78 is 6.10. The molecule has 0 unspecified atom stereocenters. The standard InChI is InChI=1S/C19H20ClNO2S2/c1-13-3-6-15(20)11-17(13)21-18(22)12-23-16-7-4-14(5-8-16)19-24-9-2-10-25-19/h3-8,11,19H,2,9-10,12H2,1H3,(H,21,22). The van der Waals surface area contributed by atoms with Gasteiger partial charge in [0.05, 0.1) is 4.58 Å². The first kappa shape index (κ1) is 18.5. The highest BCUT2D eigenvalue weighted by atomic mass is 35.5. The third-order valence-electron chi connectivity index (χ3n) is 3.82. The molecule has 1 aliphatic rings. The Morgan fingerprint density at radius 1 is 1.20 bits per heavy atom. The summed E-state index contributed by atoms with van der Waals surface area (Å²) in [6, 6.07) is 13.5. The lowest BCUT2D eigenvalue weighted by molar-refractivity contribution is -0.118. The third kappa shape index (κ3) is 5.33. The van der Waals surface area contributed by atoms with E-state index in [0.717, 1.165) is 5.56 Å². The summed E-state index contributed by atoms with van der Waals surface area (Å²) in [4.78, 5) is 12.1. The molecule has 3 rings (SSSR count). The molecule has 0 radical (unpaired) electrons. The van der Waals surface area contributed by atoms with Crippen LogP contribution in [0.1, 0.15) is 22.1 Å². The van der Waals surface area contributed by atoms with Crippen molar-refractivity contribution in [2.24, 2.45) is 0 Å². The number of nitrogens with one attached hydrogen (secondary N) is 1. The van der Waals surface area contributed by atoms with E-state index >= 15 is 0 Å². The molecule has 0 aliphatic carbocycles. The van der Waals surface area contributed by atoms with Gasteiger partial charge in [0, 0.05) is 10.7 Å². The average molecular weight is 394 g/mol. The highest BCUT2D eigenvalue weighted by Crippen LogP contribution is 2.43. The maximum Gasteiger partial charge on any atom is 0.262 e. The van der Waals surface area contributed by atoms with Crippen molar-refractivity contribution in [1.82, 2.24) is 0 Å². The second kappa shape index (κ2) is 8.88. The molecule has 2 aromatic carbocycles. The summed E-state index contributed by atoms with van der Waals surface area (Å²) in [7, 11) is 0. The number of hydrogen-bond donors (Lipinski definition) is 1. The van der Waals surface area contributed by atoms with E-state index in [-0.39, 0.29) is 12.5 Å². The van der Waals surface area contributed by atoms with Gasteiger partial charge in [-0.25, -0.2) is 0 Å². The molecule has 132 valence electrons. The van der Waals surface area contributed by atoms with E-state index in [4.69, 9.17) is 16.3 Å². The number of hydrogen-bond acceptors (Lipinski definition) is 4. The number of aryl methyl sites for hydroxylation is 1. The molecule has 0 aromatic heterocycles. The fourth-order valence-corrected chi connectivity index (χ4v) is 5.53. The van der Waals surface area contributed by atoms with Gasteiger partial charge < -0.3 is 10.1 Å². The minimum Gasteiger partial charge on any atom is -0.484 e. The zero-order valence-electron chi connectivity index (χ0n) is 14.0. The molecular weight excluding hydrogens is 374 g/mol. The van der Waals surface area contributed by atoms with Crippen LogP contribution in [0.5, 0.6) is 5.75 Å². The molecule has 0 bridgehead atoms. The molecule has 1 aliphatic heterocycles. The van der Waals surface area contributed by atoms with Crippen LogP contribution >= 0.6 is 35.1 Å². The minimum absolute atomic E-state index is 0.0295. The zero-order valence-corrected chi connectivity index (χ0v) is 16.3. The number of benzene rings is 2. The summed E-state index contributed by atoms with van der Waals surface area (Å²) in [5.41, 5.74) is 2.98. The first-order chi connectivity index (χ1) is 12.1. The Morgan fingerprint density at radius 3 is 2.64 bits per heavy atom. The molecule has 6 heteroatoms. The van der Waals surface area contributed by atoms with Gasteiger partial charge in [-0.15, -0.1) is 23.5 Å². The summed E-state index contributed by atoms with van der Waals surface area (Å²) >= 11 is 9.95. The summed E-state index contributed by atoms with van der Waals surface area (Å²) in [5, 5.41) is 3.42. The lowest BCUT2D eigenvalue weighted by Gasteiger charge is -2.21. The molecule has 0 spiro atoms. The molecule has 1 heterocycles. The summed E-state index contributed by atoms with van der Waals surface area (Å²) in [6.07, 6.45) is 1.29. The predicted molar refractivity (Wildman–Crippen MR) is 109 cm³/mol. The number of rotatable bonds is 5. The van der Waals surface area contributed by atoms with Crippen molar-refractivity contribution < 1.29 is 9.53 Å². The molecule has 0 saturated carbocycles. The van der Waals surface area contributed by atoms with E-state index in [1.54, 1.807) is 12.1 Å². The summed E-state index contributed by atoms with van der Waals surface area (Å²) in [5.74, 6) is 2.94. The lowest BCUT2D eigenvalue weighted by Crippen LogP contribution is -2.20. The fraction of sp³-hybridized carbons (Fsp3) is 0.316. The molecule has 1 amide bonds. The number of carbonyl (C=O) groups is 1. The van der Waals surface area contributed by atoms with Gasteiger partial charge in [0.1, 0.15) is 5.75 Å². The average Bonchev–Trinajstić information content (AvgIpc) is 2.64. The largest absolute Gasteiger partial charge is 0.484 e. The van der Waals surface area contributed by atoms with E-state index in [1.807, 2.05) is 48.6 Å². The van der Waals surface area contributed by atoms with Gasteiger partial charge in [0.15, 0.2) is 6.61 Å². The van der Waals surface area contributed by atoms with E-state index in [1.165, 1.54) is 23.5 Å². The number of ether oxygens (including phenoxy) is 1. The van der Waals surface area contributed by atoms with Crippen molar-refractivity contribution in [1.29, 1.82) is 0 Å². The molecule has 0 atom stereocenters. The van der Waals surface area contributed by atoms with Gasteiger partial charge in [-0.1, -0.05) is 29.8 Å². The Hall–Kier alpha value is -1.30. The van der Waals surface area contributed by atoms with Crippen LogP contribution in [0.25, 0.3) is 0 Å². The maximum absolute atomic E-state index is 12.1. The molecule has 2 aromatic rings. The predicted octanol–water partition coefficient (Wildman–Crippen LogP) is 5.53. The molecule has 1 fully saturated rings. The fourth-order valence-electron chi connectivity index (χ4n) is 2.47. The van der Waals surface area contributed by atoms with Crippen LogP contribution < -0.4 is 10.1 Å². The quantitative estimate of drug-likeness (QED) is 0.724. The van der Waals surface area contributed by atoms with Crippen LogP contribution in [-0.4, -0.2) is 24.0 Å². The second-order valence-electron chi connectivity index (χ2n) is 5.79. The SMILES string of the molecule is Cc1ccc(Cl)cc1NC(=O)COc1ccc(C2SCCCS2)cc1. The molecule has 25 heavy (non-hydrogen) atoms. The Morgan fingerprint density at radius 2 is 1.92 bits per heavy atom. The van der Waals surface area contributed by atoms with E-state index < -0.39 is 0 Å². The monoisotopic (exact) mass is 393 g/mol. The highest BCUT2D eigenvalue weighted by molar-refractivity contribution is 8.16. The van der Waals surface area contributed by atoms with Crippen molar-refractivity contribution in [3.63, 3.8) is 0 Å². The van der Waals surface area contributed by atoms with Gasteiger partial charge in [-0.3, -0.25) is 4.79 Å². The van der Waals surface area contributed by atoms with Crippen LogP contribution in [0.4, 0.5) is 5.69 Å². The van der Waals surface area contributed by atoms with Gasteiger partial charge >= 0.3 is 0 Å². The first-order valence-corrected chi connectivity index (χ1v) is 10.6. The van der Waals surface area contributed by atoms with Crippen molar-refractivity contribution in [2.45, 2.75) is 17.9 Å². The number of amides is 1. The third-order valence-corrected chi connectivity index (χ3v) is 7.07. The summed E-state index contributed by atoms with van der Waals surface area (Å²) in [6.45, 7) is 1.89. The zero-order chi connectivity index (χ0) is 17.6. The number of anilines is 1. The first-order valence-electron chi connectivity index (χ1n) is 8.14. The molecule has 1 saturated heterocycles. The topological polar surface area (TPSA) is 38.3 Å². The van der Waals surface area contributed by atoms with Crippen LogP contribution in [0, 0.1) is 6.92 Å². The van der Waals surface area contributed by atoms with E-state index in [9.17, 15) is 4.79 Å². The van der Waals surface area contributed by atoms with Crippen LogP contribution in [0.15, 0.2) is 42.5 Å². The number of halogens is 1. The van der Waals surface area contributed by atoms with Crippen LogP contribution in [-0.2, 0) is 4.79 Å². The smallest absolute Gasteiger partial charge is 0.262 e. The van der Waals surface area contributed by atoms with Gasteiger partial charge in [0.25, 0.3) is 5.91 Å². The van der Waals surface area contributed by atoms with Crippen molar-refractivity contribution >= 4 is 46.7 Å². The lowest BCUT2D eigenvalue weighted by atomic mass is 10.2. The van der Waals surface area contributed by atoms with Crippen molar-refractivity contribution in [2.75, 3.05) is 23.4 Å². The normalized spacial score (nSPS) is 15.0. The molecule has 1 N–H and O–H groups in total. The minimum atomic E-state index is -0.201. The number of carbonyl (C=O) groups excluding carboxylic acids is 1. The molecular formula is C19H20ClNO2S2. The van der Waals surface area contributed by atoms with Crippen LogP contribution in [0.2, 0.25) is 5.02 Å². The van der Waals surface area contributed by atoms with Gasteiger partial charge in [-0.05, 0) is 60.2 Å². The van der Waals surface area contributed by atoms with Gasteiger partial charge in [0.2, 0.25) is 0 Å². The Bertz CT molecular complexity index is 731. The second-order valence-corrected chi connectivity index (χ2v) is 8.95. The van der Waals surface area contributed by atoms with Gasteiger partial charge in [-0.2, -0.15) is 0 Å². The van der Waals surface area contributed by atoms with Crippen molar-refractivity contribution in [3.8, 4) is 5.75 Å². The Balaban J connectivity index is 1.52. The van der Waals surface area contributed by atoms with Crippen LogP contribution in [0.3, 0.4) is 0 Å². The molecule has 3 nitrogen and oxygen atoms in total. The maximum atomic E-state index is 12.1. The highest BCUT2D eigenvalue weighted by Gasteiger charge is 2.16. The Labute approximate surface area is 161 Å². The Kier molecular flexibility index (Phi) is 6.57. The van der Waals surface area contributed by atoms with E-state index in [0.29, 0.717) is 21.0 Å². The van der Waals surface area contributed by atoms with Crippen molar-refractivity contribution in [3.05, 3.63) is 58.6 Å². The number of thioether (sulfide) groups is 2. The van der Waals surface area contributed by atoms with E-state index in [2.05, 4.69) is 17.4 Å².